The Morgan fingerprint density at radius 2 is 1.07 bits per heavy atom. The molecule has 0 aromatic heterocycles. The molecule has 0 spiro atoms. The van der Waals surface area contributed by atoms with E-state index < -0.39 is 258 Å². The third kappa shape index (κ3) is 11.8. The largest absolute Gasteiger partial charge is 0.426 e. The number of ether oxygens (including phenoxy) is 10. The van der Waals surface area contributed by atoms with E-state index in [1.807, 2.05) is 27.7 Å². The van der Waals surface area contributed by atoms with Gasteiger partial charge in [0.1, 0.15) is 104 Å². The van der Waals surface area contributed by atoms with Gasteiger partial charge in [-0.05, 0) is 123 Å². The van der Waals surface area contributed by atoms with Crippen LogP contribution in [0.2, 0.25) is 0 Å². The lowest BCUT2D eigenvalue weighted by Gasteiger charge is -2.71. The number of hydrogen-bond donors (Lipinski definition) is 24. The van der Waals surface area contributed by atoms with E-state index in [2.05, 4.69) is 26.8 Å². The Balaban J connectivity index is 0.831. The van der Waals surface area contributed by atoms with Gasteiger partial charge < -0.3 is 170 Å². The first-order valence-corrected chi connectivity index (χ1v) is 34.9. The molecular weight excluding hydrogens is 1350 g/mol. The van der Waals surface area contributed by atoms with Gasteiger partial charge in [0.25, 0.3) is 5.79 Å². The van der Waals surface area contributed by atoms with E-state index in [0.717, 1.165) is 5.57 Å². The predicted molar refractivity (Wildman–Crippen MR) is 330 cm³/mol. The molecule has 582 valence electrons. The summed E-state index contributed by atoms with van der Waals surface area (Å²) in [6.45, 7) is 12.1. The summed E-state index contributed by atoms with van der Waals surface area (Å²) in [6, 6.07) is 0. The van der Waals surface area contributed by atoms with Crippen molar-refractivity contribution in [1.29, 1.82) is 0 Å². The molecule has 38 atom stereocenters. The summed E-state index contributed by atoms with van der Waals surface area (Å²) in [5.74, 6) is -15.5. The molecule has 0 radical (unpaired) electrons. The van der Waals surface area contributed by atoms with Crippen molar-refractivity contribution in [2.24, 2.45) is 50.2 Å². The van der Waals surface area contributed by atoms with Crippen LogP contribution >= 0.6 is 0 Å². The average Bonchev–Trinajstić information content (AvgIpc) is 0.675. The summed E-state index contributed by atoms with van der Waals surface area (Å²) < 4.78 is 57.3. The molecule has 0 aromatic rings. The number of hydrogen-bond acceptors (Lipinski definition) is 35. The maximum Gasteiger partial charge on any atom is 0.315 e. The van der Waals surface area contributed by atoms with Gasteiger partial charge in [-0.1, -0.05) is 60.1 Å². The second-order valence-corrected chi connectivity index (χ2v) is 33.1. The number of aliphatic hydroxyl groups is 24. The summed E-state index contributed by atoms with van der Waals surface area (Å²) in [5.41, 5.74) is -10.2. The van der Waals surface area contributed by atoms with Crippen molar-refractivity contribution in [3.63, 3.8) is 0 Å². The molecule has 5 aliphatic carbocycles. The van der Waals surface area contributed by atoms with Crippen LogP contribution in [0.5, 0.6) is 0 Å². The molecule has 0 amide bonds. The molecule has 101 heavy (non-hydrogen) atoms. The Kier molecular flexibility index (Phi) is 21.3. The third-order valence-corrected chi connectivity index (χ3v) is 26.9. The molecule has 35 heteroatoms. The number of aliphatic hydroxyl groups excluding tert-OH is 19. The van der Waals surface area contributed by atoms with Crippen LogP contribution in [0.1, 0.15) is 127 Å². The number of fused-ring (bicyclic) bond motifs is 7. The van der Waals surface area contributed by atoms with Gasteiger partial charge in [0, 0.05) is 0 Å². The predicted octanol–water partition coefficient (Wildman–Crippen LogP) is -8.27. The molecule has 11 aliphatic rings. The number of allylic oxidation sites excluding steroid dienone is 2. The highest BCUT2D eigenvalue weighted by Gasteiger charge is 2.79. The molecule has 6 saturated heterocycles. The first-order chi connectivity index (χ1) is 46.6. The molecule has 10 fully saturated rings. The molecule has 4 saturated carbocycles. The number of rotatable bonds is 14. The van der Waals surface area contributed by atoms with Crippen LogP contribution in [0, 0.1) is 50.2 Å². The van der Waals surface area contributed by atoms with E-state index >= 15 is 4.79 Å². The van der Waals surface area contributed by atoms with Gasteiger partial charge in [-0.15, -0.1) is 0 Å². The topological polar surface area (TPSA) is 595 Å². The second kappa shape index (κ2) is 26.9. The molecule has 0 bridgehead atoms. The lowest BCUT2D eigenvalue weighted by molar-refractivity contribution is -0.504. The minimum absolute atomic E-state index is 0.0791. The maximum atomic E-state index is 16.1. The van der Waals surface area contributed by atoms with E-state index in [1.165, 1.54) is 13.8 Å². The number of carbonyl (C=O) groups is 1. The molecule has 6 aliphatic heterocycles. The molecule has 11 rings (SSSR count). The standard InChI is InChI=1S/C66H108O35/c1-25-36(69)40(73)44(77)52(94-25)61(87)34(21-67)99-64(89,50(83)48(61)81)93-24-30-39(72)43(76)47(80)66(91,97-30)98-33-13-14-57(7)31(56(33,5)6)12-15-59(9)32(57)11-10-27-28-20-55(3,4)16-18-60(28,19-17-58(27,59)8)54(86)101-63(46(79)42(75)37(70)26(2)96-63)62(88)35(22-68)100-65(90,51(84)49(62)82)92-23-29-38(71)41(74)45(78)53(85)95-29/h10,25-26,28-53,67-85,87-91H,11-24H2,1-9H3. The van der Waals surface area contributed by atoms with E-state index in [0.29, 0.717) is 44.9 Å². The van der Waals surface area contributed by atoms with Crippen LogP contribution in [0.25, 0.3) is 0 Å². The monoisotopic (exact) mass is 1460 g/mol. The van der Waals surface area contributed by atoms with E-state index in [4.69, 9.17) is 47.4 Å². The molecular formula is C66H108O35. The first-order valence-electron chi connectivity index (χ1n) is 34.9. The van der Waals surface area contributed by atoms with Gasteiger partial charge >= 0.3 is 23.9 Å². The van der Waals surface area contributed by atoms with Crippen molar-refractivity contribution in [2.45, 2.75) is 314 Å². The summed E-state index contributed by atoms with van der Waals surface area (Å²) in [7, 11) is 0. The second-order valence-electron chi connectivity index (χ2n) is 33.1. The van der Waals surface area contributed by atoms with E-state index in [9.17, 15) is 123 Å². The quantitative estimate of drug-likeness (QED) is 0.0332. The van der Waals surface area contributed by atoms with Crippen molar-refractivity contribution in [1.82, 2.24) is 0 Å². The van der Waals surface area contributed by atoms with Crippen molar-refractivity contribution in [2.75, 3.05) is 26.4 Å². The summed E-state index contributed by atoms with van der Waals surface area (Å²) >= 11 is 0. The van der Waals surface area contributed by atoms with Gasteiger partial charge in [0.05, 0.1) is 50.2 Å². The van der Waals surface area contributed by atoms with Gasteiger partial charge in [-0.3, -0.25) is 4.79 Å². The zero-order chi connectivity index (χ0) is 75.0. The van der Waals surface area contributed by atoms with Crippen LogP contribution < -0.4 is 0 Å². The highest BCUT2D eigenvalue weighted by Crippen LogP contribution is 2.76. The van der Waals surface area contributed by atoms with Crippen molar-refractivity contribution >= 4 is 5.97 Å². The Bertz CT molecular complexity index is 3020. The Morgan fingerprint density at radius 1 is 0.515 bits per heavy atom. The van der Waals surface area contributed by atoms with Gasteiger partial charge in [-0.2, -0.15) is 0 Å². The summed E-state index contributed by atoms with van der Waals surface area (Å²) in [5, 5.41) is 270. The van der Waals surface area contributed by atoms with Crippen LogP contribution in [0.15, 0.2) is 11.6 Å². The Labute approximate surface area is 581 Å². The molecule has 6 heterocycles. The molecule has 24 N–H and O–H groups in total. The number of esters is 1. The SMILES string of the molecule is CC1OC(C2(O)C(CO)OC(O)(OCC3OC(O)(OC4CCC5(C)C(CCC6(C)C5CC=C5C7CC(C)(C)CCC7(C(=O)OC7(C8(O)C(CO)OC(O)(OCC9OC(O)C(O)C(O)C9O)C(O)C8O)OC(C)C(O)C(O)C7O)CCC56C)C4(C)C)C(O)C(O)C3O)C(O)C2O)C(O)C(O)C1O. The number of carbonyl (C=O) groups excluding carboxylic acids is 1. The highest BCUT2D eigenvalue weighted by molar-refractivity contribution is 5.79. The summed E-state index contributed by atoms with van der Waals surface area (Å²) in [6.07, 6.45) is -47.2. The van der Waals surface area contributed by atoms with Crippen LogP contribution in [0.3, 0.4) is 0 Å². The van der Waals surface area contributed by atoms with Crippen molar-refractivity contribution in [3.8, 4) is 0 Å². The minimum Gasteiger partial charge on any atom is -0.426 e. The van der Waals surface area contributed by atoms with Gasteiger partial charge in [0.15, 0.2) is 41.9 Å². The zero-order valence-electron chi connectivity index (χ0n) is 57.9. The fourth-order valence-corrected chi connectivity index (χ4v) is 20.3. The fraction of sp³-hybridized carbons (Fsp3) is 0.955. The average molecular weight is 1460 g/mol. The Morgan fingerprint density at radius 3 is 1.69 bits per heavy atom. The smallest absolute Gasteiger partial charge is 0.315 e. The molecule has 35 nitrogen and oxygen atoms in total. The van der Waals surface area contributed by atoms with Crippen molar-refractivity contribution in [3.05, 3.63) is 11.6 Å². The summed E-state index contributed by atoms with van der Waals surface area (Å²) in [4.78, 5) is 16.1. The van der Waals surface area contributed by atoms with Crippen LogP contribution in [-0.2, 0) is 52.2 Å². The minimum atomic E-state index is -3.60. The lowest BCUT2D eigenvalue weighted by atomic mass is 9.33. The third-order valence-electron chi connectivity index (χ3n) is 26.9. The van der Waals surface area contributed by atoms with Crippen LogP contribution in [0.4, 0.5) is 0 Å². The first kappa shape index (κ1) is 79.9. The zero-order valence-corrected chi connectivity index (χ0v) is 57.9. The molecule has 38 unspecified atom stereocenters. The lowest BCUT2D eigenvalue weighted by Crippen LogP contribution is -2.85. The maximum absolute atomic E-state index is 16.1. The Hall–Kier alpha value is -2.11. The van der Waals surface area contributed by atoms with Crippen molar-refractivity contribution < 1.29 is 175 Å². The van der Waals surface area contributed by atoms with E-state index in [-0.39, 0.29) is 31.1 Å². The molecule has 0 aromatic carbocycles. The highest BCUT2D eigenvalue weighted by atomic mass is 16.9. The van der Waals surface area contributed by atoms with Crippen LogP contribution in [-0.4, -0.2) is 343 Å². The van der Waals surface area contributed by atoms with E-state index in [1.54, 1.807) is 0 Å². The fourth-order valence-electron chi connectivity index (χ4n) is 20.3. The van der Waals surface area contributed by atoms with Gasteiger partial charge in [-0.25, -0.2) is 0 Å². The van der Waals surface area contributed by atoms with Gasteiger partial charge in [0.2, 0.25) is 0 Å². The normalized spacial score (nSPS) is 57.3.